The molecule has 0 heterocycles. The van der Waals surface area contributed by atoms with Gasteiger partial charge in [0.15, 0.2) is 0 Å². The molecule has 0 unspecified atom stereocenters. The Labute approximate surface area is 128 Å². The van der Waals surface area contributed by atoms with Crippen LogP contribution < -0.4 is 9.47 Å². The molecule has 2 rings (SSSR count). The second-order valence-corrected chi connectivity index (χ2v) is 6.24. The Bertz CT molecular complexity index is 422. The van der Waals surface area contributed by atoms with Gasteiger partial charge in [0.25, 0.3) is 0 Å². The molecule has 0 spiro atoms. The van der Waals surface area contributed by atoms with Crippen LogP contribution in [-0.4, -0.2) is 23.4 Å². The summed E-state index contributed by atoms with van der Waals surface area (Å²) in [6.07, 6.45) is 7.50. The molecular formula is C18H28O3. The summed E-state index contributed by atoms with van der Waals surface area (Å²) in [5.41, 5.74) is -0.663. The molecule has 21 heavy (non-hydrogen) atoms. The first kappa shape index (κ1) is 16.2. The van der Waals surface area contributed by atoms with E-state index in [2.05, 4.69) is 13.8 Å². The fourth-order valence-corrected chi connectivity index (χ4v) is 2.70. The van der Waals surface area contributed by atoms with E-state index in [1.165, 1.54) is 12.8 Å². The normalized spacial score (nSPS) is 19.6. The van der Waals surface area contributed by atoms with Gasteiger partial charge in [0.1, 0.15) is 18.1 Å². The number of ether oxygens (including phenoxy) is 2. The predicted molar refractivity (Wildman–Crippen MR) is 85.0 cm³/mol. The Hall–Kier alpha value is -1.22. The molecule has 1 saturated carbocycles. The van der Waals surface area contributed by atoms with Crippen LogP contribution in [0.25, 0.3) is 0 Å². The van der Waals surface area contributed by atoms with E-state index < -0.39 is 5.60 Å². The topological polar surface area (TPSA) is 38.7 Å². The molecule has 1 aliphatic rings. The minimum atomic E-state index is -0.663. The smallest absolute Gasteiger partial charge is 0.123 e. The van der Waals surface area contributed by atoms with Gasteiger partial charge in [-0.05, 0) is 38.3 Å². The Morgan fingerprint density at radius 3 is 2.48 bits per heavy atom. The molecule has 0 radical (unpaired) electrons. The summed E-state index contributed by atoms with van der Waals surface area (Å²) in [7, 11) is 0. The SMILES string of the molecule is CC[C@H](C)Oc1cccc(OCC2(O)CCCCCC2)c1. The zero-order valence-corrected chi connectivity index (χ0v) is 13.3. The van der Waals surface area contributed by atoms with Crippen molar-refractivity contribution in [3.8, 4) is 11.5 Å². The Kier molecular flexibility index (Phi) is 5.92. The monoisotopic (exact) mass is 292 g/mol. The summed E-state index contributed by atoms with van der Waals surface area (Å²) in [6.45, 7) is 4.54. The maximum Gasteiger partial charge on any atom is 0.123 e. The molecule has 0 aliphatic heterocycles. The van der Waals surface area contributed by atoms with Gasteiger partial charge in [-0.15, -0.1) is 0 Å². The van der Waals surface area contributed by atoms with Gasteiger partial charge in [0, 0.05) is 6.07 Å². The van der Waals surface area contributed by atoms with Crippen LogP contribution in [0.1, 0.15) is 58.8 Å². The van der Waals surface area contributed by atoms with Crippen molar-refractivity contribution in [2.24, 2.45) is 0 Å². The lowest BCUT2D eigenvalue weighted by molar-refractivity contribution is -0.0174. The third-order valence-electron chi connectivity index (χ3n) is 4.26. The van der Waals surface area contributed by atoms with Crippen LogP contribution in [0.3, 0.4) is 0 Å². The number of aliphatic hydroxyl groups is 1. The highest BCUT2D eigenvalue weighted by Crippen LogP contribution is 2.28. The van der Waals surface area contributed by atoms with Crippen molar-refractivity contribution >= 4 is 0 Å². The average molecular weight is 292 g/mol. The maximum absolute atomic E-state index is 10.6. The van der Waals surface area contributed by atoms with E-state index in [1.54, 1.807) is 0 Å². The summed E-state index contributed by atoms with van der Waals surface area (Å²) in [4.78, 5) is 0. The molecule has 1 fully saturated rings. The highest BCUT2D eigenvalue weighted by atomic mass is 16.5. The number of rotatable bonds is 6. The van der Waals surface area contributed by atoms with E-state index >= 15 is 0 Å². The largest absolute Gasteiger partial charge is 0.491 e. The van der Waals surface area contributed by atoms with E-state index in [4.69, 9.17) is 9.47 Å². The van der Waals surface area contributed by atoms with Gasteiger partial charge >= 0.3 is 0 Å². The number of hydrogen-bond acceptors (Lipinski definition) is 3. The molecule has 1 aromatic rings. The average Bonchev–Trinajstić information content (AvgIpc) is 2.71. The molecule has 1 aromatic carbocycles. The molecular weight excluding hydrogens is 264 g/mol. The van der Waals surface area contributed by atoms with Gasteiger partial charge in [0.05, 0.1) is 11.7 Å². The van der Waals surface area contributed by atoms with Gasteiger partial charge in [-0.2, -0.15) is 0 Å². The van der Waals surface area contributed by atoms with Crippen LogP contribution in [-0.2, 0) is 0 Å². The Morgan fingerprint density at radius 1 is 1.14 bits per heavy atom. The minimum Gasteiger partial charge on any atom is -0.491 e. The Morgan fingerprint density at radius 2 is 1.81 bits per heavy atom. The van der Waals surface area contributed by atoms with Crippen LogP contribution >= 0.6 is 0 Å². The molecule has 1 aliphatic carbocycles. The zero-order chi connectivity index (χ0) is 15.1. The third kappa shape index (κ3) is 5.24. The second kappa shape index (κ2) is 7.69. The van der Waals surface area contributed by atoms with E-state index in [0.717, 1.165) is 43.6 Å². The fourth-order valence-electron chi connectivity index (χ4n) is 2.70. The van der Waals surface area contributed by atoms with E-state index in [9.17, 15) is 5.11 Å². The van der Waals surface area contributed by atoms with E-state index in [-0.39, 0.29) is 6.10 Å². The number of hydrogen-bond donors (Lipinski definition) is 1. The lowest BCUT2D eigenvalue weighted by Crippen LogP contribution is -2.35. The van der Waals surface area contributed by atoms with Gasteiger partial charge in [-0.3, -0.25) is 0 Å². The maximum atomic E-state index is 10.6. The third-order valence-corrected chi connectivity index (χ3v) is 4.26. The van der Waals surface area contributed by atoms with Crippen molar-refractivity contribution in [2.75, 3.05) is 6.61 Å². The molecule has 0 aromatic heterocycles. The van der Waals surface area contributed by atoms with Crippen molar-refractivity contribution < 1.29 is 14.6 Å². The van der Waals surface area contributed by atoms with Crippen LogP contribution in [0.4, 0.5) is 0 Å². The van der Waals surface area contributed by atoms with Gasteiger partial charge in [-0.1, -0.05) is 38.7 Å². The molecule has 3 nitrogen and oxygen atoms in total. The van der Waals surface area contributed by atoms with Crippen LogP contribution in [0.5, 0.6) is 11.5 Å². The molecule has 0 saturated heterocycles. The summed E-state index contributed by atoms with van der Waals surface area (Å²) in [5, 5.41) is 10.6. The second-order valence-electron chi connectivity index (χ2n) is 6.24. The highest BCUT2D eigenvalue weighted by Gasteiger charge is 2.28. The summed E-state index contributed by atoms with van der Waals surface area (Å²) in [5.74, 6) is 1.60. The quantitative estimate of drug-likeness (QED) is 0.793. The lowest BCUT2D eigenvalue weighted by atomic mass is 9.96. The first-order valence-corrected chi connectivity index (χ1v) is 8.23. The van der Waals surface area contributed by atoms with Crippen LogP contribution in [0, 0.1) is 0 Å². The predicted octanol–water partition coefficient (Wildman–Crippen LogP) is 4.33. The van der Waals surface area contributed by atoms with Crippen LogP contribution in [0.2, 0.25) is 0 Å². The standard InChI is InChI=1S/C18H28O3/c1-3-15(2)21-17-10-8-9-16(13-17)20-14-18(19)11-6-4-5-7-12-18/h8-10,13,15,19H,3-7,11-12,14H2,1-2H3/t15-/m0/s1. The lowest BCUT2D eigenvalue weighted by Gasteiger charge is -2.26. The first-order valence-electron chi connectivity index (χ1n) is 8.23. The zero-order valence-electron chi connectivity index (χ0n) is 13.3. The molecule has 3 heteroatoms. The molecule has 118 valence electrons. The van der Waals surface area contributed by atoms with Gasteiger partial charge in [-0.25, -0.2) is 0 Å². The van der Waals surface area contributed by atoms with Gasteiger partial charge in [0.2, 0.25) is 0 Å². The summed E-state index contributed by atoms with van der Waals surface area (Å²) in [6, 6.07) is 7.71. The van der Waals surface area contributed by atoms with Crippen molar-refractivity contribution in [1.29, 1.82) is 0 Å². The van der Waals surface area contributed by atoms with Gasteiger partial charge < -0.3 is 14.6 Å². The highest BCUT2D eigenvalue weighted by molar-refractivity contribution is 5.33. The molecule has 1 N–H and O–H groups in total. The van der Waals surface area contributed by atoms with Crippen molar-refractivity contribution in [1.82, 2.24) is 0 Å². The summed E-state index contributed by atoms with van der Waals surface area (Å²) >= 11 is 0. The first-order chi connectivity index (χ1) is 10.1. The van der Waals surface area contributed by atoms with Crippen molar-refractivity contribution in [3.05, 3.63) is 24.3 Å². The fraction of sp³-hybridized carbons (Fsp3) is 0.667. The molecule has 0 amide bonds. The van der Waals surface area contributed by atoms with Crippen LogP contribution in [0.15, 0.2) is 24.3 Å². The molecule has 1 atom stereocenters. The number of benzene rings is 1. The summed E-state index contributed by atoms with van der Waals surface area (Å²) < 4.78 is 11.6. The van der Waals surface area contributed by atoms with Crippen molar-refractivity contribution in [2.45, 2.75) is 70.5 Å². The Balaban J connectivity index is 1.91. The molecule has 0 bridgehead atoms. The van der Waals surface area contributed by atoms with E-state index in [0.29, 0.717) is 6.61 Å². The van der Waals surface area contributed by atoms with E-state index in [1.807, 2.05) is 24.3 Å². The minimum absolute atomic E-state index is 0.200. The van der Waals surface area contributed by atoms with Crippen molar-refractivity contribution in [3.63, 3.8) is 0 Å².